The van der Waals surface area contributed by atoms with Crippen LogP contribution in [-0.2, 0) is 10.0 Å². The van der Waals surface area contributed by atoms with Gasteiger partial charge in [-0.25, -0.2) is 12.8 Å². The van der Waals surface area contributed by atoms with E-state index in [4.69, 9.17) is 0 Å². The largest absolute Gasteiger partial charge is 0.280 e. The molecule has 2 rings (SSSR count). The van der Waals surface area contributed by atoms with Gasteiger partial charge in [0.15, 0.2) is 0 Å². The molecule has 0 aliphatic rings. The molecule has 19 heavy (non-hydrogen) atoms. The lowest BCUT2D eigenvalue weighted by Gasteiger charge is -2.08. The van der Waals surface area contributed by atoms with Crippen LogP contribution in [0.3, 0.4) is 0 Å². The average molecular weight is 409 g/mol. The van der Waals surface area contributed by atoms with Crippen LogP contribution in [0.4, 0.5) is 10.1 Å². The summed E-state index contributed by atoms with van der Waals surface area (Å²) in [6.07, 6.45) is 0. The van der Waals surface area contributed by atoms with Crippen LogP contribution in [0, 0.1) is 5.82 Å². The molecule has 0 spiro atoms. The molecule has 100 valence electrons. The second-order valence-corrected chi connectivity index (χ2v) is 7.14. The SMILES string of the molecule is O=S(=O)(Nc1ccc(Br)c(F)c1)c1cccc(Br)c1. The Hall–Kier alpha value is -0.920. The average Bonchev–Trinajstić information content (AvgIpc) is 2.33. The normalized spacial score (nSPS) is 11.3. The topological polar surface area (TPSA) is 46.2 Å². The van der Waals surface area contributed by atoms with E-state index in [0.717, 1.165) is 6.07 Å². The van der Waals surface area contributed by atoms with Crippen molar-refractivity contribution in [3.05, 3.63) is 57.2 Å². The van der Waals surface area contributed by atoms with E-state index in [-0.39, 0.29) is 15.1 Å². The van der Waals surface area contributed by atoms with Gasteiger partial charge in [0.2, 0.25) is 0 Å². The fraction of sp³-hybridized carbons (Fsp3) is 0. The lowest BCUT2D eigenvalue weighted by Crippen LogP contribution is -2.13. The highest BCUT2D eigenvalue weighted by Gasteiger charge is 2.15. The molecule has 1 N–H and O–H groups in total. The second kappa shape index (κ2) is 5.60. The zero-order valence-corrected chi connectivity index (χ0v) is 13.4. The molecule has 0 bridgehead atoms. The van der Waals surface area contributed by atoms with Crippen LogP contribution in [0.25, 0.3) is 0 Å². The van der Waals surface area contributed by atoms with Crippen LogP contribution in [-0.4, -0.2) is 8.42 Å². The molecule has 0 heterocycles. The van der Waals surface area contributed by atoms with Crippen molar-refractivity contribution in [2.45, 2.75) is 4.90 Å². The lowest BCUT2D eigenvalue weighted by molar-refractivity contribution is 0.601. The van der Waals surface area contributed by atoms with Gasteiger partial charge in [-0.3, -0.25) is 4.72 Å². The predicted octanol–water partition coefficient (Wildman–Crippen LogP) is 4.15. The van der Waals surface area contributed by atoms with Crippen molar-refractivity contribution in [2.75, 3.05) is 4.72 Å². The fourth-order valence-corrected chi connectivity index (χ4v) is 3.30. The molecule has 2 aromatic carbocycles. The molecule has 0 atom stereocenters. The Morgan fingerprint density at radius 2 is 1.79 bits per heavy atom. The minimum absolute atomic E-state index is 0.102. The van der Waals surface area contributed by atoms with E-state index < -0.39 is 15.8 Å². The molecule has 0 aliphatic carbocycles. The number of rotatable bonds is 3. The van der Waals surface area contributed by atoms with Gasteiger partial charge < -0.3 is 0 Å². The molecule has 0 aliphatic heterocycles. The molecule has 0 fully saturated rings. The van der Waals surface area contributed by atoms with Crippen molar-refractivity contribution in [3.8, 4) is 0 Å². The van der Waals surface area contributed by atoms with Crippen LogP contribution >= 0.6 is 31.9 Å². The Morgan fingerprint density at radius 1 is 1.05 bits per heavy atom. The van der Waals surface area contributed by atoms with Gasteiger partial charge in [0.05, 0.1) is 15.1 Å². The summed E-state index contributed by atoms with van der Waals surface area (Å²) in [5, 5.41) is 0. The quantitative estimate of drug-likeness (QED) is 0.828. The standard InChI is InChI=1S/C12H8Br2FNO2S/c13-8-2-1-3-10(6-8)19(17,18)16-9-4-5-11(14)12(15)7-9/h1-7,16H. The van der Waals surface area contributed by atoms with E-state index in [2.05, 4.69) is 36.6 Å². The number of nitrogens with one attached hydrogen (secondary N) is 1. The molecule has 0 saturated carbocycles. The number of sulfonamides is 1. The van der Waals surface area contributed by atoms with Gasteiger partial charge in [0.25, 0.3) is 10.0 Å². The van der Waals surface area contributed by atoms with E-state index in [0.29, 0.717) is 4.47 Å². The Morgan fingerprint density at radius 3 is 2.42 bits per heavy atom. The highest BCUT2D eigenvalue weighted by molar-refractivity contribution is 9.10. The molecular formula is C12H8Br2FNO2S. The monoisotopic (exact) mass is 407 g/mol. The van der Waals surface area contributed by atoms with Gasteiger partial charge in [-0.15, -0.1) is 0 Å². The van der Waals surface area contributed by atoms with Gasteiger partial charge in [-0.2, -0.15) is 0 Å². The summed E-state index contributed by atoms with van der Waals surface area (Å²) in [5.41, 5.74) is 0.167. The Kier molecular flexibility index (Phi) is 4.27. The number of anilines is 1. The highest BCUT2D eigenvalue weighted by atomic mass is 79.9. The lowest BCUT2D eigenvalue weighted by atomic mass is 10.3. The summed E-state index contributed by atoms with van der Waals surface area (Å²) >= 11 is 6.21. The van der Waals surface area contributed by atoms with Crippen molar-refractivity contribution >= 4 is 47.6 Å². The van der Waals surface area contributed by atoms with Gasteiger partial charge in [-0.05, 0) is 52.3 Å². The first-order valence-electron chi connectivity index (χ1n) is 5.12. The summed E-state index contributed by atoms with van der Waals surface area (Å²) in [6, 6.07) is 10.3. The van der Waals surface area contributed by atoms with Crippen molar-refractivity contribution < 1.29 is 12.8 Å². The van der Waals surface area contributed by atoms with E-state index in [1.165, 1.54) is 24.3 Å². The zero-order valence-electron chi connectivity index (χ0n) is 9.40. The minimum Gasteiger partial charge on any atom is -0.280 e. The third kappa shape index (κ3) is 3.55. The molecule has 0 saturated heterocycles. The summed E-state index contributed by atoms with van der Waals surface area (Å²) in [7, 11) is -3.73. The van der Waals surface area contributed by atoms with Gasteiger partial charge in [0, 0.05) is 4.47 Å². The number of hydrogen-bond donors (Lipinski definition) is 1. The third-order valence-electron chi connectivity index (χ3n) is 2.28. The smallest absolute Gasteiger partial charge is 0.261 e. The van der Waals surface area contributed by atoms with Crippen molar-refractivity contribution in [1.29, 1.82) is 0 Å². The van der Waals surface area contributed by atoms with E-state index in [1.807, 2.05) is 0 Å². The number of hydrogen-bond acceptors (Lipinski definition) is 2. The first-order chi connectivity index (χ1) is 8.88. The van der Waals surface area contributed by atoms with E-state index >= 15 is 0 Å². The molecule has 0 unspecified atom stereocenters. The van der Waals surface area contributed by atoms with E-state index in [9.17, 15) is 12.8 Å². The minimum atomic E-state index is -3.73. The molecule has 7 heteroatoms. The summed E-state index contributed by atoms with van der Waals surface area (Å²) < 4.78 is 40.7. The van der Waals surface area contributed by atoms with Crippen molar-refractivity contribution in [2.24, 2.45) is 0 Å². The Balaban J connectivity index is 2.33. The second-order valence-electron chi connectivity index (χ2n) is 3.69. The van der Waals surface area contributed by atoms with Crippen LogP contribution in [0.1, 0.15) is 0 Å². The number of halogens is 3. The Labute approximate surface area is 127 Å². The zero-order chi connectivity index (χ0) is 14.0. The highest BCUT2D eigenvalue weighted by Crippen LogP contribution is 2.23. The van der Waals surface area contributed by atoms with Crippen LogP contribution in [0.2, 0.25) is 0 Å². The molecule has 0 radical (unpaired) electrons. The first-order valence-corrected chi connectivity index (χ1v) is 8.19. The molecule has 0 amide bonds. The third-order valence-corrected chi connectivity index (χ3v) is 4.79. The van der Waals surface area contributed by atoms with Gasteiger partial charge in [-0.1, -0.05) is 22.0 Å². The van der Waals surface area contributed by atoms with Crippen LogP contribution in [0.5, 0.6) is 0 Å². The number of benzene rings is 2. The van der Waals surface area contributed by atoms with Gasteiger partial charge >= 0.3 is 0 Å². The molecular weight excluding hydrogens is 401 g/mol. The molecule has 3 nitrogen and oxygen atoms in total. The first kappa shape index (κ1) is 14.5. The predicted molar refractivity (Wildman–Crippen MR) is 79.1 cm³/mol. The maximum atomic E-state index is 13.3. The van der Waals surface area contributed by atoms with Crippen LogP contribution < -0.4 is 4.72 Å². The van der Waals surface area contributed by atoms with Crippen LogP contribution in [0.15, 0.2) is 56.3 Å². The molecule has 2 aromatic rings. The van der Waals surface area contributed by atoms with E-state index in [1.54, 1.807) is 12.1 Å². The summed E-state index contributed by atoms with van der Waals surface area (Å²) in [4.78, 5) is 0.102. The van der Waals surface area contributed by atoms with Crippen molar-refractivity contribution in [3.63, 3.8) is 0 Å². The summed E-state index contributed by atoms with van der Waals surface area (Å²) in [5.74, 6) is -0.533. The molecule has 0 aromatic heterocycles. The van der Waals surface area contributed by atoms with Gasteiger partial charge in [0.1, 0.15) is 5.82 Å². The maximum absolute atomic E-state index is 13.3. The van der Waals surface area contributed by atoms with Crippen molar-refractivity contribution in [1.82, 2.24) is 0 Å². The summed E-state index contributed by atoms with van der Waals surface area (Å²) in [6.45, 7) is 0. The Bertz CT molecular complexity index is 719. The fourth-order valence-electron chi connectivity index (χ4n) is 1.41. The maximum Gasteiger partial charge on any atom is 0.261 e.